The van der Waals surface area contributed by atoms with Gasteiger partial charge in [0.15, 0.2) is 0 Å². The van der Waals surface area contributed by atoms with E-state index >= 15 is 0 Å². The molecule has 26 heavy (non-hydrogen) atoms. The van der Waals surface area contributed by atoms with Gasteiger partial charge in [0, 0.05) is 25.2 Å². The minimum Gasteiger partial charge on any atom is -0.326 e. The smallest absolute Gasteiger partial charge is 0.243 e. The maximum absolute atomic E-state index is 12.8. The van der Waals surface area contributed by atoms with Gasteiger partial charge < -0.3 is 5.32 Å². The Balaban J connectivity index is 1.71. The van der Waals surface area contributed by atoms with Crippen LogP contribution in [0.2, 0.25) is 0 Å². The van der Waals surface area contributed by atoms with Gasteiger partial charge in [-0.2, -0.15) is 15.6 Å². The lowest BCUT2D eigenvalue weighted by molar-refractivity contribution is -0.116. The van der Waals surface area contributed by atoms with Crippen LogP contribution in [0.1, 0.15) is 36.8 Å². The molecule has 1 aromatic carbocycles. The maximum atomic E-state index is 12.8. The van der Waals surface area contributed by atoms with Crippen LogP contribution in [-0.4, -0.2) is 31.7 Å². The molecule has 0 atom stereocenters. The van der Waals surface area contributed by atoms with E-state index < -0.39 is 10.0 Å². The number of carbonyl (C=O) groups excluding carboxylic acids is 1. The summed E-state index contributed by atoms with van der Waals surface area (Å²) < 4.78 is 27.2. The molecule has 1 aliphatic rings. The Labute approximate surface area is 159 Å². The molecule has 0 radical (unpaired) electrons. The van der Waals surface area contributed by atoms with Crippen LogP contribution in [0.5, 0.6) is 0 Å². The van der Waals surface area contributed by atoms with E-state index in [9.17, 15) is 13.2 Å². The third kappa shape index (κ3) is 4.52. The topological polar surface area (TPSA) is 66.5 Å². The highest BCUT2D eigenvalue weighted by atomic mass is 32.2. The minimum absolute atomic E-state index is 0.105. The Morgan fingerprint density at radius 3 is 2.65 bits per heavy atom. The van der Waals surface area contributed by atoms with Crippen molar-refractivity contribution in [2.24, 2.45) is 0 Å². The number of benzene rings is 1. The monoisotopic (exact) mass is 392 g/mol. The molecule has 2 heterocycles. The van der Waals surface area contributed by atoms with Crippen molar-refractivity contribution in [3.8, 4) is 0 Å². The number of hydrogen-bond acceptors (Lipinski definition) is 4. The summed E-state index contributed by atoms with van der Waals surface area (Å²) in [7, 11) is -3.50. The Bertz CT molecular complexity index is 855. The number of rotatable bonds is 6. The second-order valence-electron chi connectivity index (χ2n) is 6.62. The van der Waals surface area contributed by atoms with Crippen LogP contribution in [0, 0.1) is 6.92 Å². The van der Waals surface area contributed by atoms with Crippen molar-refractivity contribution >= 4 is 33.0 Å². The van der Waals surface area contributed by atoms with E-state index in [1.54, 1.807) is 33.8 Å². The van der Waals surface area contributed by atoms with Gasteiger partial charge in [0.25, 0.3) is 0 Å². The molecule has 1 aliphatic heterocycles. The summed E-state index contributed by atoms with van der Waals surface area (Å²) in [6.07, 6.45) is 3.93. The molecule has 1 saturated heterocycles. The second-order valence-corrected chi connectivity index (χ2v) is 9.34. The highest BCUT2D eigenvalue weighted by Gasteiger charge is 2.26. The van der Waals surface area contributed by atoms with Crippen LogP contribution in [0.25, 0.3) is 0 Å². The molecule has 5 nitrogen and oxygen atoms in total. The van der Waals surface area contributed by atoms with Gasteiger partial charge in [-0.15, -0.1) is 0 Å². The number of hydrogen-bond donors (Lipinski definition) is 1. The van der Waals surface area contributed by atoms with E-state index in [2.05, 4.69) is 5.32 Å². The van der Waals surface area contributed by atoms with E-state index in [4.69, 9.17) is 0 Å². The van der Waals surface area contributed by atoms with Gasteiger partial charge >= 0.3 is 0 Å². The number of thiophene rings is 1. The lowest BCUT2D eigenvalue weighted by Crippen LogP contribution is -2.35. The summed E-state index contributed by atoms with van der Waals surface area (Å²) in [6, 6.07) is 6.97. The van der Waals surface area contributed by atoms with E-state index in [-0.39, 0.29) is 10.8 Å². The summed E-state index contributed by atoms with van der Waals surface area (Å²) in [6.45, 7) is 3.00. The van der Waals surface area contributed by atoms with Crippen LogP contribution < -0.4 is 5.32 Å². The molecule has 7 heteroatoms. The molecule has 0 spiro atoms. The van der Waals surface area contributed by atoms with Crippen molar-refractivity contribution < 1.29 is 13.2 Å². The average Bonchev–Trinajstić information content (AvgIpc) is 3.16. The Kier molecular flexibility index (Phi) is 6.11. The lowest BCUT2D eigenvalue weighted by Gasteiger charge is -2.26. The molecule has 140 valence electrons. The summed E-state index contributed by atoms with van der Waals surface area (Å²) in [5.74, 6) is -0.105. The van der Waals surface area contributed by atoms with Crippen molar-refractivity contribution in [2.45, 2.75) is 43.9 Å². The van der Waals surface area contributed by atoms with Gasteiger partial charge in [-0.1, -0.05) is 12.5 Å². The molecular weight excluding hydrogens is 368 g/mol. The van der Waals surface area contributed by atoms with Gasteiger partial charge in [0.1, 0.15) is 0 Å². The fourth-order valence-electron chi connectivity index (χ4n) is 3.06. The number of anilines is 1. The maximum Gasteiger partial charge on any atom is 0.243 e. The van der Waals surface area contributed by atoms with Crippen molar-refractivity contribution in [2.75, 3.05) is 18.4 Å². The largest absolute Gasteiger partial charge is 0.326 e. The molecule has 0 unspecified atom stereocenters. The predicted molar refractivity (Wildman–Crippen MR) is 105 cm³/mol. The van der Waals surface area contributed by atoms with Crippen molar-refractivity contribution in [3.63, 3.8) is 0 Å². The number of nitrogens with one attached hydrogen (secondary N) is 1. The Hall–Kier alpha value is -1.70. The molecule has 0 aliphatic carbocycles. The molecule has 1 aromatic heterocycles. The SMILES string of the molecule is Cc1ccc(S(=O)(=O)N2CCCCC2)cc1NC(=O)CCc1ccsc1. The highest BCUT2D eigenvalue weighted by Crippen LogP contribution is 2.25. The first-order chi connectivity index (χ1) is 12.5. The fourth-order valence-corrected chi connectivity index (χ4v) is 5.30. The molecule has 1 N–H and O–H groups in total. The van der Waals surface area contributed by atoms with Crippen molar-refractivity contribution in [1.82, 2.24) is 4.31 Å². The van der Waals surface area contributed by atoms with Crippen molar-refractivity contribution in [3.05, 3.63) is 46.2 Å². The summed E-state index contributed by atoms with van der Waals surface area (Å²) in [5, 5.41) is 6.89. The third-order valence-electron chi connectivity index (χ3n) is 4.66. The number of carbonyl (C=O) groups is 1. The second kappa shape index (κ2) is 8.33. The van der Waals surface area contributed by atoms with E-state index in [1.807, 2.05) is 23.8 Å². The van der Waals surface area contributed by atoms with Crippen molar-refractivity contribution in [1.29, 1.82) is 0 Å². The Morgan fingerprint density at radius 1 is 1.19 bits per heavy atom. The quantitative estimate of drug-likeness (QED) is 0.813. The number of piperidine rings is 1. The van der Waals surface area contributed by atoms with E-state index in [0.717, 1.165) is 30.4 Å². The van der Waals surface area contributed by atoms with Crippen LogP contribution >= 0.6 is 11.3 Å². The number of aryl methyl sites for hydroxylation is 2. The average molecular weight is 393 g/mol. The van der Waals surface area contributed by atoms with Gasteiger partial charge in [-0.25, -0.2) is 8.42 Å². The molecule has 0 saturated carbocycles. The predicted octanol–water partition coefficient (Wildman–Crippen LogP) is 3.80. The Morgan fingerprint density at radius 2 is 1.96 bits per heavy atom. The van der Waals surface area contributed by atoms with Crippen LogP contribution in [0.4, 0.5) is 5.69 Å². The molecule has 0 bridgehead atoms. The summed E-state index contributed by atoms with van der Waals surface area (Å²) in [4.78, 5) is 12.5. The van der Waals surface area contributed by atoms with Crippen LogP contribution in [0.15, 0.2) is 39.9 Å². The first kappa shape index (κ1) is 19.1. The number of amides is 1. The first-order valence-electron chi connectivity index (χ1n) is 8.88. The zero-order chi connectivity index (χ0) is 18.6. The van der Waals surface area contributed by atoms with Gasteiger partial charge in [0.2, 0.25) is 15.9 Å². The molecule has 3 rings (SSSR count). The summed E-state index contributed by atoms with van der Waals surface area (Å²) in [5.41, 5.74) is 2.56. The standard InChI is InChI=1S/C19H24N2O3S2/c1-15-5-7-17(26(23,24)21-10-3-2-4-11-21)13-18(15)20-19(22)8-6-16-9-12-25-14-16/h5,7,9,12-14H,2-4,6,8,10-11H2,1H3,(H,20,22). The number of sulfonamides is 1. The molecular formula is C19H24N2O3S2. The fraction of sp³-hybridized carbons (Fsp3) is 0.421. The van der Waals surface area contributed by atoms with Gasteiger partial charge in [0.05, 0.1) is 4.90 Å². The lowest BCUT2D eigenvalue weighted by atomic mass is 10.1. The normalized spacial score (nSPS) is 15.7. The molecule has 1 amide bonds. The zero-order valence-corrected chi connectivity index (χ0v) is 16.5. The summed E-state index contributed by atoms with van der Waals surface area (Å²) >= 11 is 1.61. The third-order valence-corrected chi connectivity index (χ3v) is 7.28. The van der Waals surface area contributed by atoms with E-state index in [0.29, 0.717) is 31.6 Å². The van der Waals surface area contributed by atoms with Gasteiger partial charge in [-0.05, 0) is 66.3 Å². The minimum atomic E-state index is -3.50. The van der Waals surface area contributed by atoms with Crippen LogP contribution in [-0.2, 0) is 21.2 Å². The van der Waals surface area contributed by atoms with E-state index in [1.165, 1.54) is 0 Å². The first-order valence-corrected chi connectivity index (χ1v) is 11.3. The highest BCUT2D eigenvalue weighted by molar-refractivity contribution is 7.89. The van der Waals surface area contributed by atoms with Gasteiger partial charge in [-0.3, -0.25) is 4.79 Å². The molecule has 1 fully saturated rings. The number of nitrogens with zero attached hydrogens (tertiary/aromatic N) is 1. The van der Waals surface area contributed by atoms with Crippen LogP contribution in [0.3, 0.4) is 0 Å². The zero-order valence-electron chi connectivity index (χ0n) is 14.9. The molecule has 2 aromatic rings.